The number of hydrogen-bond acceptors (Lipinski definition) is 10. The molecule has 0 aliphatic heterocycles. The number of nitrogens with zero attached hydrogens (tertiary/aromatic N) is 4. The predicted molar refractivity (Wildman–Crippen MR) is 107 cm³/mol. The molecule has 0 aromatic carbocycles. The van der Waals surface area contributed by atoms with Crippen molar-refractivity contribution in [3.8, 4) is 10.6 Å². The second-order valence-corrected chi connectivity index (χ2v) is 7.91. The number of anilines is 2. The number of pyridine rings is 1. The van der Waals surface area contributed by atoms with Crippen LogP contribution in [0.2, 0.25) is 0 Å². The van der Waals surface area contributed by atoms with E-state index in [2.05, 4.69) is 30.6 Å². The van der Waals surface area contributed by atoms with Crippen LogP contribution >= 0.6 is 11.3 Å². The zero-order valence-electron chi connectivity index (χ0n) is 15.5. The average molecular weight is 402 g/mol. The summed E-state index contributed by atoms with van der Waals surface area (Å²) >= 11 is 1.51. The second-order valence-electron chi connectivity index (χ2n) is 6.88. The molecule has 9 nitrogen and oxygen atoms in total. The number of rotatable bonds is 5. The summed E-state index contributed by atoms with van der Waals surface area (Å²) in [4.78, 5) is 17.8. The number of aliphatic hydroxyl groups excluding tert-OH is 3. The Hall–Kier alpha value is -2.40. The fraction of sp³-hybridized carbons (Fsp3) is 0.444. The number of aliphatic hydroxyl groups is 3. The lowest BCUT2D eigenvalue weighted by Gasteiger charge is -2.21. The van der Waals surface area contributed by atoms with Gasteiger partial charge in [-0.05, 0) is 19.4 Å². The van der Waals surface area contributed by atoms with E-state index in [0.29, 0.717) is 18.2 Å². The number of aryl methyl sites for hydroxylation is 1. The van der Waals surface area contributed by atoms with Gasteiger partial charge in [0.25, 0.3) is 0 Å². The molecule has 148 valence electrons. The number of aromatic nitrogens is 4. The molecule has 1 fully saturated rings. The highest BCUT2D eigenvalue weighted by molar-refractivity contribution is 7.21. The first-order valence-electron chi connectivity index (χ1n) is 9.02. The first-order valence-corrected chi connectivity index (χ1v) is 9.84. The van der Waals surface area contributed by atoms with E-state index in [1.54, 1.807) is 19.4 Å². The van der Waals surface area contributed by atoms with Gasteiger partial charge in [0.05, 0.1) is 34.3 Å². The smallest absolute Gasteiger partial charge is 0.224 e. The second kappa shape index (κ2) is 7.55. The van der Waals surface area contributed by atoms with Crippen LogP contribution in [0.1, 0.15) is 12.1 Å². The van der Waals surface area contributed by atoms with E-state index in [1.807, 2.05) is 13.0 Å². The summed E-state index contributed by atoms with van der Waals surface area (Å²) in [5, 5.41) is 36.9. The lowest BCUT2D eigenvalue weighted by atomic mass is 10.1. The highest BCUT2D eigenvalue weighted by atomic mass is 32.1. The van der Waals surface area contributed by atoms with Crippen LogP contribution in [0.15, 0.2) is 18.5 Å². The third-order valence-corrected chi connectivity index (χ3v) is 6.13. The number of nitrogens with one attached hydrogen (secondary N) is 2. The van der Waals surface area contributed by atoms with Crippen LogP contribution < -0.4 is 10.6 Å². The molecule has 0 unspecified atom stereocenters. The Labute approximate surface area is 165 Å². The Balaban J connectivity index is 1.76. The molecule has 0 bridgehead atoms. The molecule has 1 saturated carbocycles. The molecular weight excluding hydrogens is 380 g/mol. The maximum absolute atomic E-state index is 10.4. The van der Waals surface area contributed by atoms with Crippen LogP contribution in [0.3, 0.4) is 0 Å². The minimum atomic E-state index is -1.00. The third kappa shape index (κ3) is 3.28. The normalized spacial score (nSPS) is 24.6. The van der Waals surface area contributed by atoms with Crippen molar-refractivity contribution in [2.75, 3.05) is 24.3 Å². The van der Waals surface area contributed by atoms with Gasteiger partial charge in [0.2, 0.25) is 5.95 Å². The Morgan fingerprint density at radius 1 is 1.21 bits per heavy atom. The van der Waals surface area contributed by atoms with Crippen molar-refractivity contribution >= 4 is 33.3 Å². The molecule has 1 aliphatic carbocycles. The highest BCUT2D eigenvalue weighted by Gasteiger charge is 2.41. The topological polar surface area (TPSA) is 136 Å². The van der Waals surface area contributed by atoms with Crippen LogP contribution in [0.25, 0.3) is 20.8 Å². The summed E-state index contributed by atoms with van der Waals surface area (Å²) in [6, 6.07) is 1.46. The fourth-order valence-corrected chi connectivity index (χ4v) is 4.59. The van der Waals surface area contributed by atoms with Crippen molar-refractivity contribution in [3.05, 3.63) is 24.2 Å². The fourth-order valence-electron chi connectivity index (χ4n) is 3.56. The largest absolute Gasteiger partial charge is 0.396 e. The lowest BCUT2D eigenvalue weighted by molar-refractivity contribution is 0.00446. The van der Waals surface area contributed by atoms with Gasteiger partial charge in [-0.3, -0.25) is 4.98 Å². The van der Waals surface area contributed by atoms with E-state index in [9.17, 15) is 15.3 Å². The van der Waals surface area contributed by atoms with Crippen LogP contribution in [0.5, 0.6) is 0 Å². The van der Waals surface area contributed by atoms with Gasteiger partial charge in [-0.15, -0.1) is 11.3 Å². The lowest BCUT2D eigenvalue weighted by Crippen LogP contribution is -2.35. The van der Waals surface area contributed by atoms with E-state index >= 15 is 0 Å². The van der Waals surface area contributed by atoms with E-state index in [4.69, 9.17) is 0 Å². The summed E-state index contributed by atoms with van der Waals surface area (Å²) < 4.78 is 1.00. The van der Waals surface area contributed by atoms with Crippen molar-refractivity contribution in [2.45, 2.75) is 31.6 Å². The van der Waals surface area contributed by atoms with Gasteiger partial charge in [-0.25, -0.2) is 9.97 Å². The molecule has 10 heteroatoms. The predicted octanol–water partition coefficient (Wildman–Crippen LogP) is 1.01. The van der Waals surface area contributed by atoms with Gasteiger partial charge in [-0.1, -0.05) is 0 Å². The van der Waals surface area contributed by atoms with Crippen LogP contribution in [-0.2, 0) is 0 Å². The number of hydrogen-bond donors (Lipinski definition) is 5. The van der Waals surface area contributed by atoms with Crippen LogP contribution in [-0.4, -0.2) is 67.2 Å². The third-order valence-electron chi connectivity index (χ3n) is 5.08. The molecular formula is C18H22N6O3S. The van der Waals surface area contributed by atoms with Gasteiger partial charge in [0.15, 0.2) is 0 Å². The summed E-state index contributed by atoms with van der Waals surface area (Å²) in [6.45, 7) is 1.70. The molecule has 5 N–H and O–H groups in total. The van der Waals surface area contributed by atoms with Crippen molar-refractivity contribution in [1.29, 1.82) is 0 Å². The molecule has 0 radical (unpaired) electrons. The summed E-state index contributed by atoms with van der Waals surface area (Å²) in [5.41, 5.74) is 2.28. The van der Waals surface area contributed by atoms with E-state index in [0.717, 1.165) is 26.5 Å². The standard InChI is InChI=1S/C18H22N6O3S/c1-8-13(17-23-11-6-20-4-3-12(11)28-17)16(24-18(19-2)21-8)22-10-5-9(7-25)14(26)15(10)27/h3-4,6,9-10,14-15,25-27H,5,7H2,1-2H3,(H2,19,21,22,24)/t9-,10-,14-,15+/m1/s1. The van der Waals surface area contributed by atoms with E-state index in [1.165, 1.54) is 11.3 Å². The quantitative estimate of drug-likeness (QED) is 0.423. The zero-order chi connectivity index (χ0) is 19.8. The minimum Gasteiger partial charge on any atom is -0.396 e. The number of thiazole rings is 1. The van der Waals surface area contributed by atoms with Gasteiger partial charge in [0, 0.05) is 25.8 Å². The molecule has 3 aromatic heterocycles. The van der Waals surface area contributed by atoms with E-state index in [-0.39, 0.29) is 12.5 Å². The Bertz CT molecular complexity index is 964. The SMILES string of the molecule is CNc1nc(C)c(-c2nc3cnccc3s2)c(N[C@@H]2C[C@H](CO)[C@@H](O)[C@H]2O)n1. The summed E-state index contributed by atoms with van der Waals surface area (Å²) in [6.07, 6.45) is 1.88. The summed E-state index contributed by atoms with van der Waals surface area (Å²) in [7, 11) is 1.73. The van der Waals surface area contributed by atoms with Gasteiger partial charge in [-0.2, -0.15) is 4.98 Å². The molecule has 1 aliphatic rings. The monoisotopic (exact) mass is 402 g/mol. The average Bonchev–Trinajstić information content (AvgIpc) is 3.23. The molecule has 3 aromatic rings. The highest BCUT2D eigenvalue weighted by Crippen LogP contribution is 2.37. The van der Waals surface area contributed by atoms with Gasteiger partial charge >= 0.3 is 0 Å². The first-order chi connectivity index (χ1) is 13.5. The van der Waals surface area contributed by atoms with Crippen molar-refractivity contribution < 1.29 is 15.3 Å². The van der Waals surface area contributed by atoms with Gasteiger partial charge < -0.3 is 26.0 Å². The van der Waals surface area contributed by atoms with Crippen LogP contribution in [0, 0.1) is 12.8 Å². The van der Waals surface area contributed by atoms with E-state index < -0.39 is 18.2 Å². The number of fused-ring (bicyclic) bond motifs is 1. The Morgan fingerprint density at radius 2 is 2.04 bits per heavy atom. The molecule has 0 saturated heterocycles. The first kappa shape index (κ1) is 18.9. The molecule has 4 atom stereocenters. The molecule has 0 amide bonds. The Morgan fingerprint density at radius 3 is 2.71 bits per heavy atom. The molecule has 4 rings (SSSR count). The zero-order valence-corrected chi connectivity index (χ0v) is 16.3. The van der Waals surface area contributed by atoms with Gasteiger partial charge in [0.1, 0.15) is 22.4 Å². The molecule has 3 heterocycles. The Kier molecular flexibility index (Phi) is 5.11. The van der Waals surface area contributed by atoms with Crippen LogP contribution in [0.4, 0.5) is 11.8 Å². The maximum atomic E-state index is 10.4. The van der Waals surface area contributed by atoms with Crippen molar-refractivity contribution in [3.63, 3.8) is 0 Å². The van der Waals surface area contributed by atoms with Crippen molar-refractivity contribution in [1.82, 2.24) is 19.9 Å². The maximum Gasteiger partial charge on any atom is 0.224 e. The molecule has 0 spiro atoms. The molecule has 28 heavy (non-hydrogen) atoms. The minimum absolute atomic E-state index is 0.182. The summed E-state index contributed by atoms with van der Waals surface area (Å²) in [5.74, 6) is 0.591. The van der Waals surface area contributed by atoms with Crippen molar-refractivity contribution in [2.24, 2.45) is 5.92 Å².